The molecule has 0 unspecified atom stereocenters. The van der Waals surface area contributed by atoms with Gasteiger partial charge in [-0.25, -0.2) is 0 Å². The molecule has 0 aliphatic heterocycles. The van der Waals surface area contributed by atoms with Crippen LogP contribution in [0, 0.1) is 21.7 Å². The Morgan fingerprint density at radius 3 is 0.673 bits per heavy atom. The maximum atomic E-state index is 13.2. The van der Waals surface area contributed by atoms with Gasteiger partial charge in [-0.3, -0.25) is 19.2 Å². The molecule has 0 spiro atoms. The van der Waals surface area contributed by atoms with E-state index in [9.17, 15) is 19.2 Å². The van der Waals surface area contributed by atoms with Crippen molar-refractivity contribution < 1.29 is 36.9 Å². The fourth-order valence-electron chi connectivity index (χ4n) is 5.29. The molecule has 0 aliphatic rings. The molecule has 0 aliphatic carbocycles. The van der Waals surface area contributed by atoms with E-state index >= 15 is 0 Å². The molecule has 0 bridgehead atoms. The van der Waals surface area contributed by atoms with Gasteiger partial charge in [-0.1, -0.05) is 134 Å². The zero-order valence-electron chi connectivity index (χ0n) is 33.9. The highest BCUT2D eigenvalue weighted by atomic mass is 28.4. The minimum Gasteiger partial charge on any atom is -0.423 e. The van der Waals surface area contributed by atoms with Gasteiger partial charge in [0.2, 0.25) is 0 Å². The lowest BCUT2D eigenvalue weighted by Gasteiger charge is -2.25. The van der Waals surface area contributed by atoms with Crippen molar-refractivity contribution in [2.75, 3.05) is 0 Å². The van der Waals surface area contributed by atoms with Gasteiger partial charge in [-0.2, -0.15) is 0 Å². The van der Waals surface area contributed by atoms with Crippen molar-refractivity contribution >= 4 is 32.9 Å². The number of rotatable bonds is 24. The Morgan fingerprint density at radius 1 is 0.327 bits per heavy atom. The van der Waals surface area contributed by atoms with Gasteiger partial charge in [-0.05, 0) is 73.0 Å². The Bertz CT molecular complexity index is 805. The Morgan fingerprint density at radius 2 is 0.510 bits per heavy atom. The lowest BCUT2D eigenvalue weighted by molar-refractivity contribution is -0.163. The summed E-state index contributed by atoms with van der Waals surface area (Å²) < 4.78 is 22.7. The van der Waals surface area contributed by atoms with Crippen LogP contribution in [-0.4, -0.2) is 32.9 Å². The number of hydrogen-bond donors (Lipinski definition) is 0. The minimum atomic E-state index is -4.84. The summed E-state index contributed by atoms with van der Waals surface area (Å²) in [6.07, 6.45) is 13.6. The number of carbonyl (C=O) groups is 4. The largest absolute Gasteiger partial charge is 0.974 e. The van der Waals surface area contributed by atoms with Crippen molar-refractivity contribution in [1.82, 2.24) is 0 Å². The van der Waals surface area contributed by atoms with E-state index in [0.717, 1.165) is 77.0 Å². The first-order valence-corrected chi connectivity index (χ1v) is 20.9. The first-order valence-electron chi connectivity index (χ1n) is 19.3. The van der Waals surface area contributed by atoms with Crippen LogP contribution < -0.4 is 0 Å². The van der Waals surface area contributed by atoms with Gasteiger partial charge >= 0.3 is 9.05 Å². The molecule has 0 aromatic carbocycles. The summed E-state index contributed by atoms with van der Waals surface area (Å²) in [6.45, 7) is 26.1. The molecule has 0 saturated carbocycles. The molecule has 0 atom stereocenters. The third-order valence-corrected chi connectivity index (χ3v) is 10.1. The van der Waals surface area contributed by atoms with Crippen molar-refractivity contribution in [2.45, 2.75) is 212 Å². The summed E-state index contributed by atoms with van der Waals surface area (Å²) in [5.74, 6) is -2.79. The third-order valence-electron chi connectivity index (χ3n) is 8.19. The van der Waals surface area contributed by atoms with Crippen molar-refractivity contribution in [2.24, 2.45) is 21.7 Å². The van der Waals surface area contributed by atoms with E-state index in [0.29, 0.717) is 25.7 Å². The fourth-order valence-corrected chi connectivity index (χ4v) is 7.07. The Balaban J connectivity index is 5.80. The smallest absolute Gasteiger partial charge is 0.423 e. The molecule has 8 nitrogen and oxygen atoms in total. The Hall–Kier alpha value is -1.90. The molecule has 0 fully saturated rings. The molecule has 288 valence electrons. The summed E-state index contributed by atoms with van der Waals surface area (Å²) in [7, 11) is -4.84. The van der Waals surface area contributed by atoms with E-state index in [4.69, 9.17) is 17.7 Å². The monoisotopic (exact) mass is 713 g/mol. The topological polar surface area (TPSA) is 105 Å². The van der Waals surface area contributed by atoms with Gasteiger partial charge in [-0.15, -0.1) is 0 Å². The second-order valence-electron chi connectivity index (χ2n) is 18.9. The van der Waals surface area contributed by atoms with Crippen LogP contribution in [0.25, 0.3) is 0 Å². The van der Waals surface area contributed by atoms with Gasteiger partial charge < -0.3 is 17.7 Å². The quantitative estimate of drug-likeness (QED) is 0.0719. The van der Waals surface area contributed by atoms with E-state index in [1.165, 1.54) is 0 Å². The molecule has 0 rings (SSSR count). The van der Waals surface area contributed by atoms with Gasteiger partial charge in [0, 0.05) is 25.7 Å². The second kappa shape index (κ2) is 22.8. The lowest BCUT2D eigenvalue weighted by Crippen LogP contribution is -2.54. The highest BCUT2D eigenvalue weighted by Crippen LogP contribution is 2.26. The summed E-state index contributed by atoms with van der Waals surface area (Å²) in [5.41, 5.74) is 0.799. The van der Waals surface area contributed by atoms with E-state index in [1.807, 2.05) is 0 Å². The Labute approximate surface area is 302 Å². The Kier molecular flexibility index (Phi) is 21.9. The van der Waals surface area contributed by atoms with Crippen molar-refractivity contribution in [3.63, 3.8) is 0 Å². The highest BCUT2D eigenvalue weighted by molar-refractivity contribution is 6.60. The van der Waals surface area contributed by atoms with E-state index < -0.39 is 32.9 Å². The molecule has 0 N–H and O–H groups in total. The average molecular weight is 713 g/mol. The molecular weight excluding hydrogens is 637 g/mol. The SMILES string of the molecule is CC(C)(C)CCCCCC(=O)O[Si](OC(=O)CCCCCC(C)(C)C)(OC(=O)CCCCCC(C)(C)C)OC(=O)CCCCCC(C)(C)C. The van der Waals surface area contributed by atoms with Gasteiger partial charge in [0.15, 0.2) is 0 Å². The van der Waals surface area contributed by atoms with Crippen LogP contribution in [0.1, 0.15) is 212 Å². The highest BCUT2D eigenvalue weighted by Gasteiger charge is 2.62. The standard InChI is InChI=1S/C40H76O8Si/c1-37(2,3)29-21-13-17-25-33(41)45-49(46-34(42)26-18-14-22-30-38(4,5)6,47-35(43)27-19-15-23-31-39(7,8)9)48-36(44)28-20-16-24-32-40(10,11)12/h13-32H2,1-12H3. The predicted octanol–water partition coefficient (Wildman–Crippen LogP) is 11.6. The molecule has 0 radical (unpaired) electrons. The molecular formula is C40H76O8Si. The van der Waals surface area contributed by atoms with Crippen LogP contribution in [0.15, 0.2) is 0 Å². The normalized spacial score (nSPS) is 12.8. The summed E-state index contributed by atoms with van der Waals surface area (Å²) in [5, 5.41) is 0. The molecule has 49 heavy (non-hydrogen) atoms. The lowest BCUT2D eigenvalue weighted by atomic mass is 9.89. The number of carbonyl (C=O) groups excluding carboxylic acids is 4. The van der Waals surface area contributed by atoms with Crippen LogP contribution in [0.3, 0.4) is 0 Å². The third kappa shape index (κ3) is 30.6. The predicted molar refractivity (Wildman–Crippen MR) is 200 cm³/mol. The zero-order chi connectivity index (χ0) is 37.8. The van der Waals surface area contributed by atoms with Crippen LogP contribution in [-0.2, 0) is 36.9 Å². The zero-order valence-corrected chi connectivity index (χ0v) is 34.9. The summed E-state index contributed by atoms with van der Waals surface area (Å²) >= 11 is 0. The molecule has 0 saturated heterocycles. The number of hydrogen-bond acceptors (Lipinski definition) is 8. The average Bonchev–Trinajstić information content (AvgIpc) is 2.89. The maximum absolute atomic E-state index is 13.2. The molecule has 0 aromatic heterocycles. The van der Waals surface area contributed by atoms with Gasteiger partial charge in [0.25, 0.3) is 23.9 Å². The van der Waals surface area contributed by atoms with Crippen molar-refractivity contribution in [1.29, 1.82) is 0 Å². The number of unbranched alkanes of at least 4 members (excludes halogenated alkanes) is 8. The molecule has 0 aromatic rings. The van der Waals surface area contributed by atoms with E-state index in [-0.39, 0.29) is 47.3 Å². The second-order valence-corrected chi connectivity index (χ2v) is 20.7. The van der Waals surface area contributed by atoms with E-state index in [1.54, 1.807) is 0 Å². The minimum absolute atomic E-state index is 0.0396. The molecule has 0 amide bonds. The summed E-state index contributed by atoms with van der Waals surface area (Å²) in [6, 6.07) is 0. The molecule has 0 heterocycles. The fraction of sp³-hybridized carbons (Fsp3) is 0.900. The van der Waals surface area contributed by atoms with Gasteiger partial charge in [0.05, 0.1) is 0 Å². The van der Waals surface area contributed by atoms with Crippen molar-refractivity contribution in [3.8, 4) is 0 Å². The first-order chi connectivity index (χ1) is 22.4. The van der Waals surface area contributed by atoms with Crippen molar-refractivity contribution in [3.05, 3.63) is 0 Å². The maximum Gasteiger partial charge on any atom is 0.974 e. The van der Waals surface area contributed by atoms with E-state index in [2.05, 4.69) is 83.1 Å². The summed E-state index contributed by atoms with van der Waals surface area (Å²) in [4.78, 5) is 52.7. The van der Waals surface area contributed by atoms with Crippen LogP contribution >= 0.6 is 0 Å². The first kappa shape index (κ1) is 47.1. The van der Waals surface area contributed by atoms with Crippen LogP contribution in [0.5, 0.6) is 0 Å². The molecule has 9 heteroatoms. The van der Waals surface area contributed by atoms with Gasteiger partial charge in [0.1, 0.15) is 0 Å². The van der Waals surface area contributed by atoms with Crippen LogP contribution in [0.2, 0.25) is 0 Å². The van der Waals surface area contributed by atoms with Crippen LogP contribution in [0.4, 0.5) is 0 Å².